The summed E-state index contributed by atoms with van der Waals surface area (Å²) < 4.78 is 2.04. The summed E-state index contributed by atoms with van der Waals surface area (Å²) in [5.41, 5.74) is 1.72. The number of benzene rings is 1. The van der Waals surface area contributed by atoms with Gasteiger partial charge in [0.1, 0.15) is 11.3 Å². The van der Waals surface area contributed by atoms with E-state index in [-0.39, 0.29) is 5.91 Å². The van der Waals surface area contributed by atoms with Gasteiger partial charge in [-0.25, -0.2) is 4.98 Å². The molecule has 114 valence electrons. The van der Waals surface area contributed by atoms with Crippen LogP contribution in [-0.2, 0) is 17.8 Å². The number of fused-ring (bicyclic) bond motifs is 1. The van der Waals surface area contributed by atoms with Crippen LogP contribution in [0.2, 0.25) is 5.02 Å². The Hall–Kier alpha value is -1.26. The molecule has 0 aliphatic heterocycles. The zero-order chi connectivity index (χ0) is 15.2. The number of hydrogen-bond acceptors (Lipinski definition) is 2. The third-order valence-electron chi connectivity index (χ3n) is 3.26. The van der Waals surface area contributed by atoms with Crippen molar-refractivity contribution in [1.29, 1.82) is 0 Å². The molecule has 0 aliphatic rings. The number of carbonyl (C=O) groups excluding carboxylic acids is 1. The third-order valence-corrected chi connectivity index (χ3v) is 3.76. The van der Waals surface area contributed by atoms with E-state index in [0.717, 1.165) is 23.3 Å². The standard InChI is InChI=1S/C15H19Cl2N3O/c1-2-9-18-14(21)7-10-20-12-5-3-4-11(17)15(12)19-13(20)6-8-16/h3-5H,2,6-10H2,1H3,(H,18,21). The SMILES string of the molecule is CCCNC(=O)CCn1c(CCCl)nc2c(Cl)cccc21. The Balaban J connectivity index is 2.22. The number of para-hydroxylation sites is 1. The zero-order valence-electron chi connectivity index (χ0n) is 12.0. The summed E-state index contributed by atoms with van der Waals surface area (Å²) in [6.07, 6.45) is 2.02. The first kappa shape index (κ1) is 16.1. The largest absolute Gasteiger partial charge is 0.356 e. The van der Waals surface area contributed by atoms with Crippen LogP contribution in [0.1, 0.15) is 25.6 Å². The Bertz CT molecular complexity index is 625. The number of imidazole rings is 1. The van der Waals surface area contributed by atoms with Crippen LogP contribution in [0.5, 0.6) is 0 Å². The van der Waals surface area contributed by atoms with E-state index in [0.29, 0.717) is 36.8 Å². The summed E-state index contributed by atoms with van der Waals surface area (Å²) in [4.78, 5) is 16.3. The van der Waals surface area contributed by atoms with Gasteiger partial charge in [0.25, 0.3) is 0 Å². The molecule has 4 nitrogen and oxygen atoms in total. The van der Waals surface area contributed by atoms with E-state index in [2.05, 4.69) is 10.3 Å². The summed E-state index contributed by atoms with van der Waals surface area (Å²) in [5, 5.41) is 3.50. The second-order valence-electron chi connectivity index (χ2n) is 4.83. The van der Waals surface area contributed by atoms with Crippen LogP contribution in [0, 0.1) is 0 Å². The molecule has 0 aliphatic carbocycles. The Morgan fingerprint density at radius 2 is 2.24 bits per heavy atom. The van der Waals surface area contributed by atoms with Gasteiger partial charge in [-0.1, -0.05) is 24.6 Å². The lowest BCUT2D eigenvalue weighted by molar-refractivity contribution is -0.121. The predicted molar refractivity (Wildman–Crippen MR) is 87.1 cm³/mol. The molecule has 1 amide bonds. The van der Waals surface area contributed by atoms with Crippen LogP contribution in [0.4, 0.5) is 0 Å². The molecule has 0 saturated carbocycles. The van der Waals surface area contributed by atoms with Gasteiger partial charge in [0, 0.05) is 31.8 Å². The summed E-state index contributed by atoms with van der Waals surface area (Å²) in [6.45, 7) is 3.33. The highest BCUT2D eigenvalue weighted by atomic mass is 35.5. The molecule has 2 aromatic rings. The normalized spacial score (nSPS) is 11.0. The van der Waals surface area contributed by atoms with Gasteiger partial charge < -0.3 is 9.88 Å². The molecular weight excluding hydrogens is 309 g/mol. The molecule has 1 aromatic heterocycles. The fourth-order valence-corrected chi connectivity index (χ4v) is 2.63. The van der Waals surface area contributed by atoms with Crippen molar-refractivity contribution in [3.05, 3.63) is 29.0 Å². The van der Waals surface area contributed by atoms with Gasteiger partial charge in [0.15, 0.2) is 0 Å². The van der Waals surface area contributed by atoms with E-state index >= 15 is 0 Å². The number of rotatable bonds is 7. The Kier molecular flexibility index (Phi) is 5.88. The van der Waals surface area contributed by atoms with Gasteiger partial charge in [-0.15, -0.1) is 11.6 Å². The maximum absolute atomic E-state index is 11.8. The van der Waals surface area contributed by atoms with Gasteiger partial charge in [-0.05, 0) is 18.6 Å². The fraction of sp³-hybridized carbons (Fsp3) is 0.467. The molecular formula is C15H19Cl2N3O. The number of nitrogens with one attached hydrogen (secondary N) is 1. The third kappa shape index (κ3) is 3.89. The number of aryl methyl sites for hydroxylation is 2. The highest BCUT2D eigenvalue weighted by Gasteiger charge is 2.13. The van der Waals surface area contributed by atoms with Crippen molar-refractivity contribution in [2.75, 3.05) is 12.4 Å². The van der Waals surface area contributed by atoms with Crippen molar-refractivity contribution >= 4 is 40.1 Å². The molecule has 0 unspecified atom stereocenters. The minimum Gasteiger partial charge on any atom is -0.356 e. The molecule has 0 saturated heterocycles. The maximum atomic E-state index is 11.8. The predicted octanol–water partition coefficient (Wildman–Crippen LogP) is 3.39. The van der Waals surface area contributed by atoms with Crippen molar-refractivity contribution in [3.8, 4) is 0 Å². The first-order valence-electron chi connectivity index (χ1n) is 7.13. The average Bonchev–Trinajstić information content (AvgIpc) is 2.82. The smallest absolute Gasteiger partial charge is 0.221 e. The Morgan fingerprint density at radius 1 is 1.43 bits per heavy atom. The molecule has 0 radical (unpaired) electrons. The van der Waals surface area contributed by atoms with Crippen LogP contribution in [0.15, 0.2) is 18.2 Å². The van der Waals surface area contributed by atoms with Crippen molar-refractivity contribution in [2.24, 2.45) is 0 Å². The maximum Gasteiger partial charge on any atom is 0.221 e. The Labute approximate surface area is 134 Å². The number of halogens is 2. The van der Waals surface area contributed by atoms with Crippen LogP contribution < -0.4 is 5.32 Å². The van der Waals surface area contributed by atoms with E-state index in [4.69, 9.17) is 23.2 Å². The number of amides is 1. The lowest BCUT2D eigenvalue weighted by atomic mass is 10.3. The Morgan fingerprint density at radius 3 is 2.95 bits per heavy atom. The summed E-state index contributed by atoms with van der Waals surface area (Å²) >= 11 is 12.0. The second kappa shape index (κ2) is 7.66. The van der Waals surface area contributed by atoms with E-state index < -0.39 is 0 Å². The molecule has 0 atom stereocenters. The number of carbonyl (C=O) groups is 1. The topological polar surface area (TPSA) is 46.9 Å². The molecule has 2 rings (SSSR count). The van der Waals surface area contributed by atoms with Gasteiger partial charge in [0.05, 0.1) is 10.5 Å². The number of nitrogens with zero attached hydrogens (tertiary/aromatic N) is 2. The van der Waals surface area contributed by atoms with E-state index in [1.165, 1.54) is 0 Å². The first-order valence-corrected chi connectivity index (χ1v) is 8.05. The molecule has 0 bridgehead atoms. The lowest BCUT2D eigenvalue weighted by Gasteiger charge is -2.09. The van der Waals surface area contributed by atoms with Crippen molar-refractivity contribution < 1.29 is 4.79 Å². The van der Waals surface area contributed by atoms with E-state index in [9.17, 15) is 4.79 Å². The summed E-state index contributed by atoms with van der Waals surface area (Å²) in [5.74, 6) is 1.41. The van der Waals surface area contributed by atoms with Crippen LogP contribution in [-0.4, -0.2) is 27.9 Å². The van der Waals surface area contributed by atoms with Gasteiger partial charge >= 0.3 is 0 Å². The van der Waals surface area contributed by atoms with Gasteiger partial charge in [-0.2, -0.15) is 0 Å². The van der Waals surface area contributed by atoms with Crippen molar-refractivity contribution in [3.63, 3.8) is 0 Å². The number of alkyl halides is 1. The van der Waals surface area contributed by atoms with E-state index in [1.807, 2.05) is 29.7 Å². The summed E-state index contributed by atoms with van der Waals surface area (Å²) in [6, 6.07) is 5.68. The minimum absolute atomic E-state index is 0.0533. The molecule has 0 fully saturated rings. The fourth-order valence-electron chi connectivity index (χ4n) is 2.25. The molecule has 1 N–H and O–H groups in total. The second-order valence-corrected chi connectivity index (χ2v) is 5.61. The highest BCUT2D eigenvalue weighted by Crippen LogP contribution is 2.24. The first-order chi connectivity index (χ1) is 10.2. The van der Waals surface area contributed by atoms with Crippen molar-refractivity contribution in [2.45, 2.75) is 32.7 Å². The molecule has 1 aromatic carbocycles. The molecule has 21 heavy (non-hydrogen) atoms. The number of aromatic nitrogens is 2. The van der Waals surface area contributed by atoms with Crippen LogP contribution in [0.3, 0.4) is 0 Å². The quantitative estimate of drug-likeness (QED) is 0.792. The molecule has 0 spiro atoms. The van der Waals surface area contributed by atoms with Crippen LogP contribution >= 0.6 is 23.2 Å². The van der Waals surface area contributed by atoms with Crippen LogP contribution in [0.25, 0.3) is 11.0 Å². The van der Waals surface area contributed by atoms with E-state index in [1.54, 1.807) is 0 Å². The molecule has 1 heterocycles. The average molecular weight is 328 g/mol. The molecule has 6 heteroatoms. The van der Waals surface area contributed by atoms with Gasteiger partial charge in [0.2, 0.25) is 5.91 Å². The monoisotopic (exact) mass is 327 g/mol. The zero-order valence-corrected chi connectivity index (χ0v) is 13.5. The van der Waals surface area contributed by atoms with Crippen molar-refractivity contribution in [1.82, 2.24) is 14.9 Å². The minimum atomic E-state index is 0.0533. The summed E-state index contributed by atoms with van der Waals surface area (Å²) in [7, 11) is 0. The highest BCUT2D eigenvalue weighted by molar-refractivity contribution is 6.34. The lowest BCUT2D eigenvalue weighted by Crippen LogP contribution is -2.25. The van der Waals surface area contributed by atoms with Gasteiger partial charge in [-0.3, -0.25) is 4.79 Å². The number of hydrogen-bond donors (Lipinski definition) is 1.